The van der Waals surface area contributed by atoms with Gasteiger partial charge in [0.2, 0.25) is 5.91 Å². The Morgan fingerprint density at radius 1 is 1.08 bits per heavy atom. The zero-order valence-electron chi connectivity index (χ0n) is 20.8. The van der Waals surface area contributed by atoms with E-state index in [0.717, 1.165) is 0 Å². The smallest absolute Gasteiger partial charge is 0.336 e. The van der Waals surface area contributed by atoms with Crippen LogP contribution in [0.25, 0.3) is 16.6 Å². The molecule has 0 unspecified atom stereocenters. The summed E-state index contributed by atoms with van der Waals surface area (Å²) >= 11 is 1.99. The van der Waals surface area contributed by atoms with Crippen LogP contribution in [0.1, 0.15) is 31.4 Å². The predicted octanol–water partition coefficient (Wildman–Crippen LogP) is 3.12. The average Bonchev–Trinajstić information content (AvgIpc) is 3.67. The lowest BCUT2D eigenvalue weighted by Crippen LogP contribution is -2.41. The number of aromatic nitrogens is 3. The van der Waals surface area contributed by atoms with Gasteiger partial charge in [-0.1, -0.05) is 6.07 Å². The Morgan fingerprint density at radius 3 is 2.42 bits per heavy atom. The van der Waals surface area contributed by atoms with Crippen LogP contribution in [0.2, 0.25) is 0 Å². The maximum atomic E-state index is 14.8. The quantitative estimate of drug-likeness (QED) is 0.326. The summed E-state index contributed by atoms with van der Waals surface area (Å²) < 4.78 is 19.3. The molecule has 10 nitrogen and oxygen atoms in total. The molecule has 2 aromatic heterocycles. The number of hydrogen-bond donors (Lipinski definition) is 2. The highest BCUT2D eigenvalue weighted by molar-refractivity contribution is 14.1. The van der Waals surface area contributed by atoms with E-state index in [1.54, 1.807) is 37.3 Å². The monoisotopic (exact) mass is 633 g/mol. The van der Waals surface area contributed by atoms with E-state index in [0.29, 0.717) is 27.8 Å². The third-order valence-electron chi connectivity index (χ3n) is 6.36. The third-order valence-corrected chi connectivity index (χ3v) is 7.04. The van der Waals surface area contributed by atoms with Gasteiger partial charge >= 0.3 is 5.69 Å². The van der Waals surface area contributed by atoms with Crippen molar-refractivity contribution in [3.63, 3.8) is 0 Å². The van der Waals surface area contributed by atoms with Crippen LogP contribution in [0.15, 0.2) is 56.8 Å². The van der Waals surface area contributed by atoms with Crippen molar-refractivity contribution < 1.29 is 14.7 Å². The van der Waals surface area contributed by atoms with Crippen LogP contribution in [0.5, 0.6) is 0 Å². The van der Waals surface area contributed by atoms with E-state index in [4.69, 9.17) is 0 Å². The molecule has 0 aliphatic heterocycles. The fraction of sp³-hybridized carbons (Fsp3) is 0.231. The summed E-state index contributed by atoms with van der Waals surface area (Å²) in [7, 11) is 1.50. The Balaban J connectivity index is 0.00000336. The van der Waals surface area contributed by atoms with E-state index in [2.05, 4.69) is 10.6 Å². The molecule has 4 N–H and O–H groups in total. The first-order valence-corrected chi connectivity index (χ1v) is 12.7. The first kappa shape index (κ1) is 27.3. The number of fused-ring (bicyclic) bond motifs is 1. The number of amides is 1. The van der Waals surface area contributed by atoms with Crippen molar-refractivity contribution in [2.75, 3.05) is 10.6 Å². The molecule has 0 spiro atoms. The zero-order chi connectivity index (χ0) is 26.6. The summed E-state index contributed by atoms with van der Waals surface area (Å²) in [6.45, 7) is 2.92. The molecule has 5 rings (SSSR count). The molecule has 1 saturated carbocycles. The molecule has 0 saturated heterocycles. The zero-order valence-corrected chi connectivity index (χ0v) is 22.9. The molecule has 0 bridgehead atoms. The van der Waals surface area contributed by atoms with E-state index in [-0.39, 0.29) is 45.4 Å². The Hall–Kier alpha value is -3.78. The molecule has 1 amide bonds. The van der Waals surface area contributed by atoms with E-state index in [1.165, 1.54) is 39.8 Å². The first-order chi connectivity index (χ1) is 17.6. The number of halogens is 2. The molecule has 1 fully saturated rings. The highest BCUT2D eigenvalue weighted by Gasteiger charge is 2.31. The number of benzene rings is 2. The van der Waals surface area contributed by atoms with Crippen molar-refractivity contribution in [2.24, 2.45) is 7.05 Å². The van der Waals surface area contributed by atoms with Gasteiger partial charge in [-0.3, -0.25) is 28.1 Å². The van der Waals surface area contributed by atoms with Gasteiger partial charge in [0.15, 0.2) is 0 Å². The van der Waals surface area contributed by atoms with E-state index >= 15 is 0 Å². The Bertz CT molecular complexity index is 1790. The lowest BCUT2D eigenvalue weighted by atomic mass is 10.1. The minimum atomic E-state index is -0.581. The molecule has 1 aliphatic rings. The maximum absolute atomic E-state index is 14.8. The van der Waals surface area contributed by atoms with Crippen LogP contribution in [0.4, 0.5) is 21.6 Å². The van der Waals surface area contributed by atoms with Crippen molar-refractivity contribution in [2.45, 2.75) is 32.7 Å². The molecule has 0 atom stereocenters. The average molecular weight is 633 g/mol. The number of anilines is 3. The fourth-order valence-corrected chi connectivity index (χ4v) is 4.95. The van der Waals surface area contributed by atoms with Crippen LogP contribution in [-0.2, 0) is 11.8 Å². The lowest BCUT2D eigenvalue weighted by Gasteiger charge is -2.21. The van der Waals surface area contributed by atoms with Gasteiger partial charge in [-0.2, -0.15) is 0 Å². The molecular weight excluding hydrogens is 608 g/mol. The normalized spacial score (nSPS) is 12.8. The summed E-state index contributed by atoms with van der Waals surface area (Å²) in [6, 6.07) is 10.9. The lowest BCUT2D eigenvalue weighted by molar-refractivity contribution is -0.114. The highest BCUT2D eigenvalue weighted by atomic mass is 127. The minimum absolute atomic E-state index is 0. The van der Waals surface area contributed by atoms with Crippen molar-refractivity contribution in [3.05, 3.63) is 88.6 Å². The summed E-state index contributed by atoms with van der Waals surface area (Å²) in [5, 5.41) is 5.72. The molecule has 12 heteroatoms. The summed E-state index contributed by atoms with van der Waals surface area (Å²) in [5.74, 6) is -0.753. The topological polar surface area (TPSA) is 139 Å². The highest BCUT2D eigenvalue weighted by Crippen LogP contribution is 2.34. The van der Waals surface area contributed by atoms with Gasteiger partial charge in [0.25, 0.3) is 11.1 Å². The third kappa shape index (κ3) is 4.65. The van der Waals surface area contributed by atoms with E-state index in [9.17, 15) is 23.6 Å². The second kappa shape index (κ2) is 10.2. The van der Waals surface area contributed by atoms with E-state index < -0.39 is 22.6 Å². The fourth-order valence-electron chi connectivity index (χ4n) is 4.50. The summed E-state index contributed by atoms with van der Waals surface area (Å²) in [6.07, 6.45) is 1.34. The van der Waals surface area contributed by atoms with Gasteiger partial charge < -0.3 is 16.1 Å². The minimum Gasteiger partial charge on any atom is -0.412 e. The SMILES string of the molecule is CC(=O)Nc1cccc(-n2c(=O)n(C3CC3)c(=O)c3c(Nc4ccc(I)cc4F)n(C)c(=O)c(C)c32)c1.O. The van der Waals surface area contributed by atoms with Crippen molar-refractivity contribution >= 4 is 56.6 Å². The number of carbonyl (C=O) groups excluding carboxylic acids is 1. The van der Waals surface area contributed by atoms with Crippen molar-refractivity contribution in [1.29, 1.82) is 0 Å². The second-order valence-electron chi connectivity index (χ2n) is 9.07. The van der Waals surface area contributed by atoms with Gasteiger partial charge in [0.05, 0.1) is 16.9 Å². The standard InChI is InChI=1S/C26H23FIN5O4.H2O/c1-13-22-21(23(31(3)24(13)35)30-20-10-7-15(28)11-19(20)27)25(36)33(17-8-9-17)26(37)32(22)18-6-4-5-16(12-18)29-14(2)34;/h4-7,10-12,17,30H,8-9H2,1-3H3,(H,29,34);1H2. The van der Waals surface area contributed by atoms with Crippen LogP contribution in [-0.4, -0.2) is 25.1 Å². The van der Waals surface area contributed by atoms with Gasteiger partial charge in [0.1, 0.15) is 17.0 Å². The van der Waals surface area contributed by atoms with Crippen LogP contribution in [0, 0.1) is 16.3 Å². The van der Waals surface area contributed by atoms with Gasteiger partial charge in [-0.15, -0.1) is 0 Å². The number of pyridine rings is 1. The number of nitrogens with one attached hydrogen (secondary N) is 2. The second-order valence-corrected chi connectivity index (χ2v) is 10.3. The molecule has 0 radical (unpaired) electrons. The molecule has 2 heterocycles. The largest absolute Gasteiger partial charge is 0.412 e. The Labute approximate surface area is 229 Å². The van der Waals surface area contributed by atoms with Gasteiger partial charge in [-0.05, 0) is 78.8 Å². The summed E-state index contributed by atoms with van der Waals surface area (Å²) in [4.78, 5) is 52.6. The molecule has 38 heavy (non-hydrogen) atoms. The number of aryl methyl sites for hydroxylation is 1. The Kier molecular flexibility index (Phi) is 7.30. The van der Waals surface area contributed by atoms with Crippen LogP contribution in [0.3, 0.4) is 0 Å². The van der Waals surface area contributed by atoms with E-state index in [1.807, 2.05) is 22.6 Å². The summed E-state index contributed by atoms with van der Waals surface area (Å²) in [5.41, 5.74) is -0.351. The van der Waals surface area contributed by atoms with Crippen LogP contribution < -0.4 is 27.4 Å². The van der Waals surface area contributed by atoms with Crippen LogP contribution >= 0.6 is 22.6 Å². The maximum Gasteiger partial charge on any atom is 0.336 e. The molecular formula is C26H25FIN5O5. The molecule has 1 aliphatic carbocycles. The van der Waals surface area contributed by atoms with Gasteiger partial charge in [0, 0.05) is 34.8 Å². The van der Waals surface area contributed by atoms with Crippen molar-refractivity contribution in [1.82, 2.24) is 13.7 Å². The molecule has 4 aromatic rings. The number of carbonyl (C=O) groups is 1. The van der Waals surface area contributed by atoms with Crippen molar-refractivity contribution in [3.8, 4) is 5.69 Å². The number of hydrogen-bond acceptors (Lipinski definition) is 5. The predicted molar refractivity (Wildman–Crippen MR) is 152 cm³/mol. The van der Waals surface area contributed by atoms with Gasteiger partial charge in [-0.25, -0.2) is 9.18 Å². The first-order valence-electron chi connectivity index (χ1n) is 11.6. The molecule has 198 valence electrons. The number of rotatable bonds is 5. The Morgan fingerprint density at radius 2 is 1.79 bits per heavy atom. The number of nitrogens with zero attached hydrogens (tertiary/aromatic N) is 3. The molecule has 2 aromatic carbocycles.